The summed E-state index contributed by atoms with van der Waals surface area (Å²) in [5.74, 6) is 1.36. The van der Waals surface area contributed by atoms with Gasteiger partial charge in [0, 0.05) is 13.2 Å². The van der Waals surface area contributed by atoms with Crippen LogP contribution in [0.15, 0.2) is 22.9 Å². The van der Waals surface area contributed by atoms with Crippen LogP contribution >= 0.6 is 15.9 Å². The van der Waals surface area contributed by atoms with Crippen molar-refractivity contribution in [2.45, 2.75) is 51.0 Å². The van der Waals surface area contributed by atoms with Crippen molar-refractivity contribution in [1.29, 1.82) is 0 Å². The molecule has 0 aromatic carbocycles. The number of hydrogen-bond acceptors (Lipinski definition) is 5. The standard InChI is InChI=1S/C21H27BrN6O2/c1-28-15(10-11-23-28)20(29)27-17(13-8-6-4-3-5-7-9-13)19-24-14-12-16(22)25-21(30-2)18(14)26-19/h10-13,17H,3-9H2,1-2H3,(H,24,26)(H,27,29). The smallest absolute Gasteiger partial charge is 0.270 e. The molecular weight excluding hydrogens is 448 g/mol. The summed E-state index contributed by atoms with van der Waals surface area (Å²) in [6, 6.07) is 3.39. The van der Waals surface area contributed by atoms with Crippen molar-refractivity contribution < 1.29 is 9.53 Å². The molecule has 1 aliphatic carbocycles. The molecular formula is C21H27BrN6O2. The minimum absolute atomic E-state index is 0.145. The molecule has 3 aromatic rings. The molecule has 1 amide bonds. The molecule has 1 atom stereocenters. The van der Waals surface area contributed by atoms with E-state index in [1.807, 2.05) is 6.07 Å². The zero-order chi connectivity index (χ0) is 21.1. The molecule has 0 saturated heterocycles. The van der Waals surface area contributed by atoms with Crippen LogP contribution in [-0.4, -0.2) is 37.7 Å². The zero-order valence-corrected chi connectivity index (χ0v) is 18.9. The number of aryl methyl sites for hydroxylation is 1. The highest BCUT2D eigenvalue weighted by atomic mass is 79.9. The van der Waals surface area contributed by atoms with Crippen molar-refractivity contribution in [1.82, 2.24) is 30.0 Å². The Labute approximate surface area is 183 Å². The number of hydrogen-bond donors (Lipinski definition) is 2. The number of halogens is 1. The summed E-state index contributed by atoms with van der Waals surface area (Å²) in [7, 11) is 3.36. The molecule has 4 rings (SSSR count). The highest BCUT2D eigenvalue weighted by Crippen LogP contribution is 2.34. The number of ether oxygens (including phenoxy) is 1. The lowest BCUT2D eigenvalue weighted by molar-refractivity contribution is 0.0902. The summed E-state index contributed by atoms with van der Waals surface area (Å²) in [5, 5.41) is 7.37. The number of nitrogens with zero attached hydrogens (tertiary/aromatic N) is 4. The van der Waals surface area contributed by atoms with Gasteiger partial charge in [0.05, 0.1) is 18.7 Å². The first-order valence-electron chi connectivity index (χ1n) is 10.5. The predicted molar refractivity (Wildman–Crippen MR) is 117 cm³/mol. The third kappa shape index (κ3) is 4.35. The van der Waals surface area contributed by atoms with Gasteiger partial charge < -0.3 is 15.0 Å². The average molecular weight is 475 g/mol. The third-order valence-corrected chi connectivity index (χ3v) is 6.28. The van der Waals surface area contributed by atoms with E-state index in [4.69, 9.17) is 9.72 Å². The maximum absolute atomic E-state index is 13.0. The number of fused-ring (bicyclic) bond motifs is 1. The second-order valence-corrected chi connectivity index (χ2v) is 8.68. The molecule has 8 nitrogen and oxygen atoms in total. The summed E-state index contributed by atoms with van der Waals surface area (Å²) in [6.07, 6.45) is 9.86. The van der Waals surface area contributed by atoms with Gasteiger partial charge in [-0.1, -0.05) is 32.1 Å². The molecule has 3 heterocycles. The molecule has 0 radical (unpaired) electrons. The van der Waals surface area contributed by atoms with Crippen LogP contribution in [0.1, 0.15) is 67.3 Å². The Hall–Kier alpha value is -2.42. The number of aromatic amines is 1. The fraction of sp³-hybridized carbons (Fsp3) is 0.524. The minimum Gasteiger partial charge on any atom is -0.479 e. The summed E-state index contributed by atoms with van der Waals surface area (Å²) in [5.41, 5.74) is 2.03. The van der Waals surface area contributed by atoms with E-state index in [9.17, 15) is 4.79 Å². The minimum atomic E-state index is -0.221. The summed E-state index contributed by atoms with van der Waals surface area (Å²) in [6.45, 7) is 0. The van der Waals surface area contributed by atoms with Crippen molar-refractivity contribution in [2.24, 2.45) is 13.0 Å². The first kappa shape index (κ1) is 20.8. The SMILES string of the molecule is COc1nc(Br)cc2[nH]c(C(NC(=O)c3ccnn3C)C3CCCCCCC3)nc12. The van der Waals surface area contributed by atoms with Crippen LogP contribution in [0, 0.1) is 5.92 Å². The van der Waals surface area contributed by atoms with Gasteiger partial charge in [-0.05, 0) is 46.8 Å². The van der Waals surface area contributed by atoms with Crippen molar-refractivity contribution in [3.8, 4) is 5.88 Å². The number of imidazole rings is 1. The van der Waals surface area contributed by atoms with E-state index in [1.54, 1.807) is 31.1 Å². The van der Waals surface area contributed by atoms with Gasteiger partial charge >= 0.3 is 0 Å². The van der Waals surface area contributed by atoms with Gasteiger partial charge in [0.1, 0.15) is 16.1 Å². The topological polar surface area (TPSA) is 97.7 Å². The lowest BCUT2D eigenvalue weighted by Gasteiger charge is -2.28. The molecule has 0 aliphatic heterocycles. The first-order valence-corrected chi connectivity index (χ1v) is 11.2. The number of methoxy groups -OCH3 is 1. The Bertz CT molecular complexity index is 1020. The second kappa shape index (κ2) is 9.16. The van der Waals surface area contributed by atoms with E-state index in [2.05, 4.69) is 36.3 Å². The molecule has 2 N–H and O–H groups in total. The number of aromatic nitrogens is 5. The van der Waals surface area contributed by atoms with Gasteiger partial charge in [-0.3, -0.25) is 9.48 Å². The molecule has 0 bridgehead atoms. The number of carbonyl (C=O) groups is 1. The average Bonchev–Trinajstić information content (AvgIpc) is 3.31. The van der Waals surface area contributed by atoms with Gasteiger partial charge in [0.25, 0.3) is 5.91 Å². The fourth-order valence-electron chi connectivity index (χ4n) is 4.31. The molecule has 0 spiro atoms. The Balaban J connectivity index is 1.71. The quantitative estimate of drug-likeness (QED) is 0.537. The number of H-pyrrole nitrogens is 1. The lowest BCUT2D eigenvalue weighted by Crippen LogP contribution is -2.35. The van der Waals surface area contributed by atoms with Crippen LogP contribution in [-0.2, 0) is 7.05 Å². The normalized spacial score (nSPS) is 16.8. The Morgan fingerprint density at radius 3 is 2.67 bits per heavy atom. The third-order valence-electron chi connectivity index (χ3n) is 5.87. The van der Waals surface area contributed by atoms with Crippen LogP contribution in [0.2, 0.25) is 0 Å². The molecule has 1 saturated carbocycles. The van der Waals surface area contributed by atoms with E-state index >= 15 is 0 Å². The number of pyridine rings is 1. The monoisotopic (exact) mass is 474 g/mol. The van der Waals surface area contributed by atoms with Crippen molar-refractivity contribution >= 4 is 32.9 Å². The summed E-state index contributed by atoms with van der Waals surface area (Å²) >= 11 is 3.42. The molecule has 1 fully saturated rings. The Kier molecular flexibility index (Phi) is 6.36. The molecule has 1 unspecified atom stereocenters. The van der Waals surface area contributed by atoms with Crippen molar-refractivity contribution in [3.63, 3.8) is 0 Å². The number of rotatable bonds is 5. The lowest BCUT2D eigenvalue weighted by atomic mass is 9.85. The van der Waals surface area contributed by atoms with Crippen LogP contribution < -0.4 is 10.1 Å². The van der Waals surface area contributed by atoms with Crippen molar-refractivity contribution in [2.75, 3.05) is 7.11 Å². The predicted octanol–water partition coefficient (Wildman–Crippen LogP) is 4.29. The van der Waals surface area contributed by atoms with Crippen LogP contribution in [0.25, 0.3) is 11.0 Å². The highest BCUT2D eigenvalue weighted by molar-refractivity contribution is 9.10. The van der Waals surface area contributed by atoms with Crippen molar-refractivity contribution in [3.05, 3.63) is 34.5 Å². The molecule has 160 valence electrons. The van der Waals surface area contributed by atoms with Gasteiger partial charge in [-0.25, -0.2) is 9.97 Å². The highest BCUT2D eigenvalue weighted by Gasteiger charge is 2.29. The van der Waals surface area contributed by atoms with E-state index in [0.29, 0.717) is 27.6 Å². The van der Waals surface area contributed by atoms with E-state index in [0.717, 1.165) is 24.2 Å². The van der Waals surface area contributed by atoms with Crippen LogP contribution in [0.3, 0.4) is 0 Å². The maximum Gasteiger partial charge on any atom is 0.270 e. The maximum atomic E-state index is 13.0. The van der Waals surface area contributed by atoms with Gasteiger partial charge in [0.2, 0.25) is 5.88 Å². The number of amides is 1. The van der Waals surface area contributed by atoms with Gasteiger partial charge in [0.15, 0.2) is 5.52 Å². The molecule has 9 heteroatoms. The van der Waals surface area contributed by atoms with Gasteiger partial charge in [-0.15, -0.1) is 0 Å². The van der Waals surface area contributed by atoms with E-state index in [-0.39, 0.29) is 11.9 Å². The van der Waals surface area contributed by atoms with Crippen LogP contribution in [0.4, 0.5) is 0 Å². The van der Waals surface area contributed by atoms with E-state index in [1.165, 1.54) is 32.1 Å². The summed E-state index contributed by atoms with van der Waals surface area (Å²) in [4.78, 5) is 25.6. The largest absolute Gasteiger partial charge is 0.479 e. The molecule has 30 heavy (non-hydrogen) atoms. The van der Waals surface area contributed by atoms with Gasteiger partial charge in [-0.2, -0.15) is 5.10 Å². The number of carbonyl (C=O) groups excluding carboxylic acids is 1. The fourth-order valence-corrected chi connectivity index (χ4v) is 4.70. The van der Waals surface area contributed by atoms with Crippen LogP contribution in [0.5, 0.6) is 5.88 Å². The summed E-state index contributed by atoms with van der Waals surface area (Å²) < 4.78 is 7.68. The van der Waals surface area contributed by atoms with E-state index < -0.39 is 0 Å². The molecule has 1 aliphatic rings. The Morgan fingerprint density at radius 2 is 2.00 bits per heavy atom. The molecule has 3 aromatic heterocycles. The first-order chi connectivity index (χ1) is 14.6. The zero-order valence-electron chi connectivity index (χ0n) is 17.3. The second-order valence-electron chi connectivity index (χ2n) is 7.87. The Morgan fingerprint density at radius 1 is 1.27 bits per heavy atom. The number of nitrogens with one attached hydrogen (secondary N) is 2.